The van der Waals surface area contributed by atoms with Crippen molar-refractivity contribution in [2.75, 3.05) is 6.61 Å². The third-order valence-electron chi connectivity index (χ3n) is 3.89. The number of rotatable bonds is 5. The van der Waals surface area contributed by atoms with Gasteiger partial charge < -0.3 is 15.0 Å². The molecule has 0 bridgehead atoms. The van der Waals surface area contributed by atoms with Crippen molar-refractivity contribution in [2.45, 2.75) is 51.7 Å². The molecule has 17 heavy (non-hydrogen) atoms. The number of hydrogen-bond acceptors (Lipinski definition) is 2. The molecule has 1 aliphatic carbocycles. The van der Waals surface area contributed by atoms with Crippen LogP contribution in [0, 0.1) is 5.92 Å². The lowest BCUT2D eigenvalue weighted by Crippen LogP contribution is -2.39. The second-order valence-electron chi connectivity index (χ2n) is 5.06. The number of aliphatic hydroxyl groups is 1. The summed E-state index contributed by atoms with van der Waals surface area (Å²) < 4.78 is 2.20. The van der Waals surface area contributed by atoms with Crippen LogP contribution >= 0.6 is 0 Å². The van der Waals surface area contributed by atoms with Crippen LogP contribution in [-0.2, 0) is 13.1 Å². The Morgan fingerprint density at radius 1 is 1.41 bits per heavy atom. The highest BCUT2D eigenvalue weighted by Crippen LogP contribution is 2.24. The largest absolute Gasteiger partial charge is 0.396 e. The van der Waals surface area contributed by atoms with Crippen LogP contribution in [0.5, 0.6) is 0 Å². The SMILES string of the molecule is CCn1ccc(CNC2CCCCC2CO)c1. The van der Waals surface area contributed by atoms with E-state index in [2.05, 4.69) is 35.3 Å². The van der Waals surface area contributed by atoms with Crippen molar-refractivity contribution in [3.8, 4) is 0 Å². The molecule has 0 aromatic carbocycles. The summed E-state index contributed by atoms with van der Waals surface area (Å²) >= 11 is 0. The Bertz CT molecular complexity index is 335. The number of aromatic nitrogens is 1. The van der Waals surface area contributed by atoms with Gasteiger partial charge in [0.25, 0.3) is 0 Å². The summed E-state index contributed by atoms with van der Waals surface area (Å²) in [5, 5.41) is 13.0. The molecule has 0 spiro atoms. The van der Waals surface area contributed by atoms with Gasteiger partial charge in [-0.05, 0) is 37.3 Å². The summed E-state index contributed by atoms with van der Waals surface area (Å²) in [4.78, 5) is 0. The van der Waals surface area contributed by atoms with Gasteiger partial charge in [0.15, 0.2) is 0 Å². The molecular weight excluding hydrogens is 212 g/mol. The van der Waals surface area contributed by atoms with E-state index in [0.717, 1.165) is 13.1 Å². The van der Waals surface area contributed by atoms with E-state index in [1.54, 1.807) is 0 Å². The second kappa shape index (κ2) is 6.22. The number of aryl methyl sites for hydroxylation is 1. The first kappa shape index (κ1) is 12.7. The standard InChI is InChI=1S/C14H24N2O/c1-2-16-8-7-12(10-16)9-15-14-6-4-3-5-13(14)11-17/h7-8,10,13-15,17H,2-6,9,11H2,1H3. The maximum Gasteiger partial charge on any atom is 0.0474 e. The molecule has 2 unspecified atom stereocenters. The van der Waals surface area contributed by atoms with Crippen LogP contribution in [0.3, 0.4) is 0 Å². The minimum absolute atomic E-state index is 0.327. The van der Waals surface area contributed by atoms with Crippen LogP contribution in [-0.4, -0.2) is 22.3 Å². The Balaban J connectivity index is 1.83. The Labute approximate surface area is 104 Å². The maximum atomic E-state index is 9.36. The van der Waals surface area contributed by atoms with Gasteiger partial charge in [0, 0.05) is 38.1 Å². The molecule has 0 amide bonds. The number of aliphatic hydroxyl groups excluding tert-OH is 1. The Morgan fingerprint density at radius 2 is 2.24 bits per heavy atom. The smallest absolute Gasteiger partial charge is 0.0474 e. The molecule has 3 heteroatoms. The molecule has 3 nitrogen and oxygen atoms in total. The van der Waals surface area contributed by atoms with Gasteiger partial charge in [0.1, 0.15) is 0 Å². The van der Waals surface area contributed by atoms with Gasteiger partial charge in [0.05, 0.1) is 0 Å². The van der Waals surface area contributed by atoms with Gasteiger partial charge >= 0.3 is 0 Å². The summed E-state index contributed by atoms with van der Waals surface area (Å²) in [5.74, 6) is 0.456. The van der Waals surface area contributed by atoms with Crippen molar-refractivity contribution in [1.29, 1.82) is 0 Å². The summed E-state index contributed by atoms with van der Waals surface area (Å²) in [7, 11) is 0. The van der Waals surface area contributed by atoms with E-state index in [9.17, 15) is 5.11 Å². The average molecular weight is 236 g/mol. The van der Waals surface area contributed by atoms with E-state index in [1.165, 1.54) is 31.2 Å². The first-order valence-corrected chi connectivity index (χ1v) is 6.82. The number of nitrogens with one attached hydrogen (secondary N) is 1. The molecule has 0 radical (unpaired) electrons. The van der Waals surface area contributed by atoms with Crippen molar-refractivity contribution in [3.05, 3.63) is 24.0 Å². The quantitative estimate of drug-likeness (QED) is 0.822. The van der Waals surface area contributed by atoms with Gasteiger partial charge in [0.2, 0.25) is 0 Å². The van der Waals surface area contributed by atoms with Crippen molar-refractivity contribution in [2.24, 2.45) is 5.92 Å². The molecule has 2 rings (SSSR count). The molecule has 0 saturated heterocycles. The van der Waals surface area contributed by atoms with Crippen molar-refractivity contribution in [3.63, 3.8) is 0 Å². The monoisotopic (exact) mass is 236 g/mol. The molecule has 1 aromatic heterocycles. The fraction of sp³-hybridized carbons (Fsp3) is 0.714. The van der Waals surface area contributed by atoms with E-state index >= 15 is 0 Å². The zero-order chi connectivity index (χ0) is 12.1. The lowest BCUT2D eigenvalue weighted by Gasteiger charge is -2.31. The highest BCUT2D eigenvalue weighted by Gasteiger charge is 2.23. The summed E-state index contributed by atoms with van der Waals surface area (Å²) in [6, 6.07) is 2.67. The first-order valence-electron chi connectivity index (χ1n) is 6.82. The van der Waals surface area contributed by atoms with E-state index in [0.29, 0.717) is 18.6 Å². The molecule has 2 N–H and O–H groups in total. The highest BCUT2D eigenvalue weighted by molar-refractivity contribution is 5.10. The third kappa shape index (κ3) is 3.33. The average Bonchev–Trinajstić information content (AvgIpc) is 2.84. The summed E-state index contributed by atoms with van der Waals surface area (Å²) in [6.07, 6.45) is 9.27. The fourth-order valence-corrected chi connectivity index (χ4v) is 2.74. The topological polar surface area (TPSA) is 37.2 Å². The third-order valence-corrected chi connectivity index (χ3v) is 3.89. The van der Waals surface area contributed by atoms with E-state index in [-0.39, 0.29) is 0 Å². The summed E-state index contributed by atoms with van der Waals surface area (Å²) in [6.45, 7) is 4.44. The molecule has 1 heterocycles. The van der Waals surface area contributed by atoms with Crippen LogP contribution in [0.1, 0.15) is 38.2 Å². The highest BCUT2D eigenvalue weighted by atomic mass is 16.3. The molecule has 1 saturated carbocycles. The first-order chi connectivity index (χ1) is 8.33. The fourth-order valence-electron chi connectivity index (χ4n) is 2.74. The Hall–Kier alpha value is -0.800. The van der Waals surface area contributed by atoms with Crippen LogP contribution in [0.25, 0.3) is 0 Å². The van der Waals surface area contributed by atoms with Crippen LogP contribution in [0.2, 0.25) is 0 Å². The van der Waals surface area contributed by atoms with Gasteiger partial charge in [-0.2, -0.15) is 0 Å². The lowest BCUT2D eigenvalue weighted by molar-refractivity contribution is 0.152. The Morgan fingerprint density at radius 3 is 2.94 bits per heavy atom. The molecule has 2 atom stereocenters. The van der Waals surface area contributed by atoms with Crippen molar-refractivity contribution < 1.29 is 5.11 Å². The molecule has 1 aromatic rings. The van der Waals surface area contributed by atoms with Gasteiger partial charge in [-0.25, -0.2) is 0 Å². The van der Waals surface area contributed by atoms with Crippen LogP contribution < -0.4 is 5.32 Å². The van der Waals surface area contributed by atoms with Gasteiger partial charge in [-0.3, -0.25) is 0 Å². The van der Waals surface area contributed by atoms with Crippen LogP contribution in [0.15, 0.2) is 18.5 Å². The summed E-state index contributed by atoms with van der Waals surface area (Å²) in [5.41, 5.74) is 1.34. The predicted molar refractivity (Wildman–Crippen MR) is 69.8 cm³/mol. The molecule has 96 valence electrons. The van der Waals surface area contributed by atoms with Gasteiger partial charge in [-0.15, -0.1) is 0 Å². The molecule has 1 aliphatic rings. The Kier molecular flexibility index (Phi) is 4.63. The molecule has 0 aliphatic heterocycles. The maximum absolute atomic E-state index is 9.36. The molecule has 1 fully saturated rings. The minimum Gasteiger partial charge on any atom is -0.396 e. The predicted octanol–water partition coefficient (Wildman–Crippen LogP) is 2.15. The van der Waals surface area contributed by atoms with E-state index in [4.69, 9.17) is 0 Å². The van der Waals surface area contributed by atoms with E-state index < -0.39 is 0 Å². The minimum atomic E-state index is 0.327. The van der Waals surface area contributed by atoms with Crippen LogP contribution in [0.4, 0.5) is 0 Å². The van der Waals surface area contributed by atoms with Crippen molar-refractivity contribution >= 4 is 0 Å². The number of hydrogen-bond donors (Lipinski definition) is 2. The van der Waals surface area contributed by atoms with Crippen molar-refractivity contribution in [1.82, 2.24) is 9.88 Å². The molecular formula is C14H24N2O. The zero-order valence-corrected chi connectivity index (χ0v) is 10.7. The van der Waals surface area contributed by atoms with Gasteiger partial charge in [-0.1, -0.05) is 12.8 Å². The zero-order valence-electron chi connectivity index (χ0n) is 10.7. The lowest BCUT2D eigenvalue weighted by atomic mass is 9.85. The number of nitrogens with zero attached hydrogens (tertiary/aromatic N) is 1. The normalized spacial score (nSPS) is 25.1. The second-order valence-corrected chi connectivity index (χ2v) is 5.06. The van der Waals surface area contributed by atoms with E-state index in [1.807, 2.05) is 0 Å².